The summed E-state index contributed by atoms with van der Waals surface area (Å²) in [6.45, 7) is 1.90. The molecule has 1 aromatic carbocycles. The van der Waals surface area contributed by atoms with E-state index in [9.17, 15) is 42.0 Å². The van der Waals surface area contributed by atoms with Crippen LogP contribution in [0.5, 0.6) is 0 Å². The molecule has 18 heteroatoms. The Hall–Kier alpha value is -3.48. The number of amides is 5. The number of nitrogens with zero attached hydrogens (tertiary/aromatic N) is 3. The van der Waals surface area contributed by atoms with Gasteiger partial charge in [-0.1, -0.05) is 64.0 Å². The number of nitrogens with one attached hydrogen (secondary N) is 3. The smallest absolute Gasteiger partial charge is 0.444 e. The molecule has 55 heavy (non-hydrogen) atoms. The van der Waals surface area contributed by atoms with Gasteiger partial charge in [0.2, 0.25) is 21.8 Å². The van der Waals surface area contributed by atoms with Crippen LogP contribution in [0.2, 0.25) is 0 Å². The molecule has 2 aliphatic heterocycles. The zero-order valence-electron chi connectivity index (χ0n) is 32.3. The zero-order chi connectivity index (χ0) is 39.9. The normalized spacial score (nSPS) is 22.5. The van der Waals surface area contributed by atoms with Crippen molar-refractivity contribution in [3.63, 3.8) is 0 Å². The second kappa shape index (κ2) is 19.1. The first-order chi connectivity index (χ1) is 26.2. The number of likely N-dealkylation sites (N-methyl/N-ethyl adjacent to an activating group) is 1. The van der Waals surface area contributed by atoms with Crippen LogP contribution in [0.4, 0.5) is 14.0 Å². The van der Waals surface area contributed by atoms with Gasteiger partial charge in [0.05, 0.1) is 25.3 Å². The van der Waals surface area contributed by atoms with Crippen LogP contribution in [0.15, 0.2) is 18.2 Å². The topological polar surface area (TPSA) is 198 Å². The van der Waals surface area contributed by atoms with Gasteiger partial charge in [0.1, 0.15) is 24.0 Å². The Morgan fingerprint density at radius 3 is 2.24 bits per heavy atom. The van der Waals surface area contributed by atoms with Crippen molar-refractivity contribution in [2.45, 2.75) is 134 Å². The Morgan fingerprint density at radius 2 is 1.64 bits per heavy atom. The molecule has 2 saturated carbocycles. The van der Waals surface area contributed by atoms with Crippen LogP contribution < -0.4 is 16.0 Å². The van der Waals surface area contributed by atoms with Gasteiger partial charge in [-0.3, -0.25) is 14.5 Å². The van der Waals surface area contributed by atoms with Gasteiger partial charge in [-0.2, -0.15) is 0 Å². The molecule has 1 aromatic rings. The van der Waals surface area contributed by atoms with Gasteiger partial charge in [-0.05, 0) is 55.6 Å². The first-order valence-corrected chi connectivity index (χ1v) is 21.7. The first kappa shape index (κ1) is 42.7. The van der Waals surface area contributed by atoms with Crippen LogP contribution in [-0.2, 0) is 37.4 Å². The van der Waals surface area contributed by atoms with Crippen LogP contribution in [0, 0.1) is 17.7 Å². The average molecular weight is 793 g/mol. The van der Waals surface area contributed by atoms with E-state index in [-0.39, 0.29) is 50.9 Å². The summed E-state index contributed by atoms with van der Waals surface area (Å²) in [5.41, 5.74) is 1.06. The van der Waals surface area contributed by atoms with Gasteiger partial charge in [0.15, 0.2) is 0 Å². The third-order valence-corrected chi connectivity index (χ3v) is 13.1. The van der Waals surface area contributed by atoms with E-state index in [1.807, 2.05) is 6.92 Å². The molecule has 306 valence electrons. The van der Waals surface area contributed by atoms with E-state index in [0.717, 1.165) is 57.6 Å². The molecule has 5 rings (SSSR count). The van der Waals surface area contributed by atoms with Crippen LogP contribution in [0.1, 0.15) is 102 Å². The summed E-state index contributed by atoms with van der Waals surface area (Å²) in [5, 5.41) is 28.6. The summed E-state index contributed by atoms with van der Waals surface area (Å²) < 4.78 is 46.2. The third-order valence-electron chi connectivity index (χ3n) is 11.8. The number of ether oxygens (including phenoxy) is 1. The Bertz CT molecular complexity index is 1630. The largest absolute Gasteiger partial charge is 0.475 e. The highest BCUT2D eigenvalue weighted by Gasteiger charge is 2.47. The maximum Gasteiger partial charge on any atom is 0.475 e. The standard InChI is InChI=1S/C37H58BFN6O9S/c1-4-12-32(38(50)51)41-34(46)31-19-27(54-37(49)44-20-26-17-11-18-29(39)28(26)22-44)21-45(31)35(47)33(25-15-9-6-10-16-25)42-36(48)40-30(23-43(2)55(3,52)53)24-13-7-5-8-14-24/h11,17-18,24-25,27,30-33,50-51H,4-10,12-16,19-23H2,1-3H3,(H,41,46)(H2,40,42,48)/t27-,30-,31+,32+,33+/m1/s1. The molecule has 5 N–H and O–H groups in total. The number of halogens is 1. The van der Waals surface area contributed by atoms with E-state index in [0.29, 0.717) is 30.4 Å². The first-order valence-electron chi connectivity index (χ1n) is 19.8. The van der Waals surface area contributed by atoms with Crippen molar-refractivity contribution in [1.29, 1.82) is 0 Å². The van der Waals surface area contributed by atoms with Gasteiger partial charge in [0, 0.05) is 38.2 Å². The number of fused-ring (bicyclic) bond motifs is 1. The second-order valence-electron chi connectivity index (χ2n) is 15.8. The summed E-state index contributed by atoms with van der Waals surface area (Å²) in [6, 6.07) is 1.32. The third kappa shape index (κ3) is 11.1. The molecule has 2 aliphatic carbocycles. The molecular weight excluding hydrogens is 734 g/mol. The van der Waals surface area contributed by atoms with Gasteiger partial charge >= 0.3 is 19.2 Å². The van der Waals surface area contributed by atoms with Gasteiger partial charge in [-0.25, -0.2) is 26.7 Å². The lowest BCUT2D eigenvalue weighted by Crippen LogP contribution is -2.60. The molecule has 0 aromatic heterocycles. The minimum atomic E-state index is -3.53. The van der Waals surface area contributed by atoms with Crippen molar-refractivity contribution in [2.75, 3.05) is 26.4 Å². The SMILES string of the molecule is CCC[C@H](NC(=O)[C@@H]1C[C@@H](OC(=O)N2Cc3cccc(F)c3C2)CN1C(=O)[C@@H](NC(=O)N[C@H](CN(C)S(C)(=O)=O)C1CCCCC1)C1CCCCC1)B(O)O. The highest BCUT2D eigenvalue weighted by atomic mass is 32.2. The highest BCUT2D eigenvalue weighted by Crippen LogP contribution is 2.32. The van der Waals surface area contributed by atoms with E-state index >= 15 is 0 Å². The van der Waals surface area contributed by atoms with Gasteiger partial charge < -0.3 is 35.6 Å². The molecule has 0 bridgehead atoms. The predicted molar refractivity (Wildman–Crippen MR) is 203 cm³/mol. The fourth-order valence-electron chi connectivity index (χ4n) is 8.63. The van der Waals surface area contributed by atoms with E-state index in [1.165, 1.54) is 27.2 Å². The molecule has 4 aliphatic rings. The van der Waals surface area contributed by atoms with Gasteiger partial charge in [0.25, 0.3) is 0 Å². The average Bonchev–Trinajstić information content (AvgIpc) is 3.79. The molecule has 5 amide bonds. The van der Waals surface area contributed by atoms with E-state index < -0.39 is 77.1 Å². The fourth-order valence-corrected chi connectivity index (χ4v) is 9.06. The maximum absolute atomic E-state index is 14.7. The predicted octanol–water partition coefficient (Wildman–Crippen LogP) is 2.63. The number of hydrogen-bond acceptors (Lipinski definition) is 9. The quantitative estimate of drug-likeness (QED) is 0.176. The minimum absolute atomic E-state index is 0.0117. The van der Waals surface area contributed by atoms with Crippen molar-refractivity contribution >= 4 is 41.1 Å². The molecule has 0 unspecified atom stereocenters. The summed E-state index contributed by atoms with van der Waals surface area (Å²) in [4.78, 5) is 58.6. The van der Waals surface area contributed by atoms with Crippen LogP contribution in [0.3, 0.4) is 0 Å². The van der Waals surface area contributed by atoms with Crippen molar-refractivity contribution < 1.29 is 46.8 Å². The molecule has 2 heterocycles. The molecule has 1 saturated heterocycles. The lowest BCUT2D eigenvalue weighted by molar-refractivity contribution is -0.141. The number of sulfonamides is 1. The zero-order valence-corrected chi connectivity index (χ0v) is 33.1. The van der Waals surface area contributed by atoms with E-state index in [1.54, 1.807) is 12.1 Å². The van der Waals surface area contributed by atoms with Crippen molar-refractivity contribution in [3.8, 4) is 0 Å². The Morgan fingerprint density at radius 1 is 0.982 bits per heavy atom. The summed E-state index contributed by atoms with van der Waals surface area (Å²) >= 11 is 0. The summed E-state index contributed by atoms with van der Waals surface area (Å²) in [5.74, 6) is -2.82. The Balaban J connectivity index is 1.36. The summed E-state index contributed by atoms with van der Waals surface area (Å²) in [7, 11) is -3.90. The number of hydrogen-bond donors (Lipinski definition) is 5. The number of carbonyl (C=O) groups is 4. The molecule has 5 atom stereocenters. The Labute approximate surface area is 324 Å². The second-order valence-corrected chi connectivity index (χ2v) is 17.9. The fraction of sp³-hybridized carbons (Fsp3) is 0.730. The molecule has 0 radical (unpaired) electrons. The Kier molecular flexibility index (Phi) is 14.8. The minimum Gasteiger partial charge on any atom is -0.444 e. The number of benzene rings is 1. The van der Waals surface area contributed by atoms with Crippen molar-refractivity contribution in [3.05, 3.63) is 35.1 Å². The van der Waals surface area contributed by atoms with Crippen LogP contribution in [0.25, 0.3) is 0 Å². The number of carbonyl (C=O) groups excluding carboxylic acids is 4. The van der Waals surface area contributed by atoms with E-state index in [2.05, 4.69) is 16.0 Å². The van der Waals surface area contributed by atoms with Crippen molar-refractivity contribution in [2.24, 2.45) is 11.8 Å². The van der Waals surface area contributed by atoms with E-state index in [4.69, 9.17) is 4.74 Å². The number of urea groups is 1. The van der Waals surface area contributed by atoms with Crippen molar-refractivity contribution in [1.82, 2.24) is 30.1 Å². The van der Waals surface area contributed by atoms with Crippen LogP contribution >= 0.6 is 0 Å². The van der Waals surface area contributed by atoms with Gasteiger partial charge in [-0.15, -0.1) is 0 Å². The number of rotatable bonds is 14. The van der Waals surface area contributed by atoms with Crippen LogP contribution in [-0.4, -0.2) is 120 Å². The monoisotopic (exact) mass is 792 g/mol. The molecule has 3 fully saturated rings. The summed E-state index contributed by atoms with van der Waals surface area (Å²) in [6.07, 6.45) is 8.84. The molecular formula is C37H58BFN6O9S. The molecule has 0 spiro atoms. The lowest BCUT2D eigenvalue weighted by atomic mass is 9.76. The maximum atomic E-state index is 14.7. The molecule has 15 nitrogen and oxygen atoms in total. The lowest BCUT2D eigenvalue weighted by Gasteiger charge is -2.36. The highest BCUT2D eigenvalue weighted by molar-refractivity contribution is 7.88. The number of likely N-dealkylation sites (tertiary alicyclic amines) is 1.